The van der Waals surface area contributed by atoms with Crippen molar-refractivity contribution in [2.24, 2.45) is 5.92 Å². The number of hydrogen-bond acceptors (Lipinski definition) is 2. The van der Waals surface area contributed by atoms with Gasteiger partial charge in [-0.1, -0.05) is 64.0 Å². The van der Waals surface area contributed by atoms with E-state index in [-0.39, 0.29) is 6.42 Å². The number of carbonyl (C=O) groups excluding carboxylic acids is 2. The Balaban J connectivity index is 3.30. The minimum Gasteiger partial charge on any atom is -0.291 e. The van der Waals surface area contributed by atoms with Crippen LogP contribution in [-0.4, -0.2) is 12.6 Å². The van der Waals surface area contributed by atoms with E-state index < -0.39 is 5.92 Å². The first-order valence-corrected chi connectivity index (χ1v) is 7.24. The number of allylic oxidation sites excluding steroid dienone is 2. The van der Waals surface area contributed by atoms with Crippen molar-refractivity contribution < 1.29 is 9.59 Å². The van der Waals surface area contributed by atoms with Gasteiger partial charge in [0.05, 0.1) is 5.92 Å². The molecule has 2 heteroatoms. The standard InChI is InChI=1S/C16H26O2/c1-2-3-4-5-6-7-8-9-10-11-12-16(15-18)13-14-17/h11-12,16H,2-10,13H2,1H3. The van der Waals surface area contributed by atoms with Crippen LogP contribution in [0.3, 0.4) is 0 Å². The molecule has 102 valence electrons. The lowest BCUT2D eigenvalue weighted by Crippen LogP contribution is -1.97. The van der Waals surface area contributed by atoms with Gasteiger partial charge in [-0.25, -0.2) is 0 Å². The molecule has 0 saturated heterocycles. The first-order chi connectivity index (χ1) is 8.85. The maximum Gasteiger partial charge on any atom is 0.206 e. The fraction of sp³-hybridized carbons (Fsp3) is 0.750. The van der Waals surface area contributed by atoms with E-state index in [9.17, 15) is 9.59 Å². The number of unbranched alkanes of at least 4 members (excludes halogenated alkanes) is 8. The molecule has 0 N–H and O–H groups in total. The minimum absolute atomic E-state index is 0.136. The van der Waals surface area contributed by atoms with Gasteiger partial charge in [0.2, 0.25) is 6.29 Å². The van der Waals surface area contributed by atoms with Crippen LogP contribution in [-0.2, 0) is 9.59 Å². The van der Waals surface area contributed by atoms with Gasteiger partial charge >= 0.3 is 0 Å². The Morgan fingerprint density at radius 3 is 2.11 bits per heavy atom. The summed E-state index contributed by atoms with van der Waals surface area (Å²) in [5.41, 5.74) is 0. The van der Waals surface area contributed by atoms with Gasteiger partial charge < -0.3 is 0 Å². The molecule has 0 heterocycles. The van der Waals surface area contributed by atoms with Gasteiger partial charge in [0.1, 0.15) is 0 Å². The minimum atomic E-state index is -0.392. The van der Waals surface area contributed by atoms with E-state index in [1.54, 1.807) is 12.4 Å². The number of rotatable bonds is 13. The van der Waals surface area contributed by atoms with Crippen LogP contribution in [0.15, 0.2) is 12.2 Å². The fourth-order valence-corrected chi connectivity index (χ4v) is 1.90. The van der Waals surface area contributed by atoms with E-state index in [0.29, 0.717) is 0 Å². The third-order valence-corrected chi connectivity index (χ3v) is 3.05. The molecule has 0 saturated carbocycles. The average molecular weight is 250 g/mol. The molecule has 0 aliphatic heterocycles. The van der Waals surface area contributed by atoms with Gasteiger partial charge in [-0.2, -0.15) is 0 Å². The van der Waals surface area contributed by atoms with Crippen LogP contribution >= 0.6 is 0 Å². The lowest BCUT2D eigenvalue weighted by molar-refractivity contribution is 0.526. The zero-order valence-electron chi connectivity index (χ0n) is 11.6. The molecule has 0 fully saturated rings. The van der Waals surface area contributed by atoms with Crippen LogP contribution in [0.2, 0.25) is 0 Å². The molecule has 0 spiro atoms. The lowest BCUT2D eigenvalue weighted by Gasteiger charge is -2.00. The first kappa shape index (κ1) is 17.1. The van der Waals surface area contributed by atoms with Gasteiger partial charge in [-0.15, -0.1) is 0 Å². The molecule has 0 aromatic carbocycles. The predicted molar refractivity (Wildman–Crippen MR) is 75.9 cm³/mol. The van der Waals surface area contributed by atoms with E-state index >= 15 is 0 Å². The Hall–Kier alpha value is -0.920. The van der Waals surface area contributed by atoms with Crippen molar-refractivity contribution in [2.45, 2.75) is 71.1 Å². The van der Waals surface area contributed by atoms with Gasteiger partial charge in [0, 0.05) is 6.42 Å². The maximum absolute atomic E-state index is 10.4. The first-order valence-electron chi connectivity index (χ1n) is 7.24. The predicted octanol–water partition coefficient (Wildman–Crippen LogP) is 4.30. The average Bonchev–Trinajstić information content (AvgIpc) is 2.39. The second-order valence-corrected chi connectivity index (χ2v) is 4.76. The van der Waals surface area contributed by atoms with Crippen LogP contribution in [0.4, 0.5) is 0 Å². The van der Waals surface area contributed by atoms with Gasteiger partial charge in [0.25, 0.3) is 0 Å². The van der Waals surface area contributed by atoms with E-state index in [0.717, 1.165) is 6.42 Å². The highest BCUT2D eigenvalue weighted by Gasteiger charge is 2.01. The van der Waals surface area contributed by atoms with Crippen molar-refractivity contribution >= 4 is 12.6 Å². The second kappa shape index (κ2) is 14.1. The summed E-state index contributed by atoms with van der Waals surface area (Å²) in [7, 11) is 0. The lowest BCUT2D eigenvalue weighted by atomic mass is 10.1. The molecule has 2 nitrogen and oxygen atoms in total. The largest absolute Gasteiger partial charge is 0.291 e. The van der Waals surface area contributed by atoms with Crippen LogP contribution < -0.4 is 0 Å². The highest BCUT2D eigenvalue weighted by Crippen LogP contribution is 2.10. The molecule has 0 aromatic rings. The summed E-state index contributed by atoms with van der Waals surface area (Å²) in [6.45, 7) is 2.23. The van der Waals surface area contributed by atoms with Crippen LogP contribution in [0.5, 0.6) is 0 Å². The molecule has 18 heavy (non-hydrogen) atoms. The summed E-state index contributed by atoms with van der Waals surface area (Å²) in [6.07, 6.45) is 18.9. The second-order valence-electron chi connectivity index (χ2n) is 4.76. The summed E-state index contributed by atoms with van der Waals surface area (Å²) in [4.78, 5) is 20.5. The van der Waals surface area contributed by atoms with E-state index in [2.05, 4.69) is 6.92 Å². The molecule has 1 atom stereocenters. The third kappa shape index (κ3) is 11.6. The normalized spacial score (nSPS) is 12.7. The van der Waals surface area contributed by atoms with Gasteiger partial charge in [0.15, 0.2) is 6.29 Å². The molecule has 0 aromatic heterocycles. The summed E-state index contributed by atoms with van der Waals surface area (Å²) in [5, 5.41) is 0. The topological polar surface area (TPSA) is 34.1 Å². The Kier molecular flexibility index (Phi) is 13.4. The smallest absolute Gasteiger partial charge is 0.206 e. The highest BCUT2D eigenvalue weighted by molar-refractivity contribution is 5.64. The Labute approximate surface area is 112 Å². The SMILES string of the molecule is CCCCCCCCCCC=CC([C]=O)C[C]=O. The molecule has 1 unspecified atom stereocenters. The molecule has 0 bridgehead atoms. The van der Waals surface area contributed by atoms with Crippen LogP contribution in [0, 0.1) is 5.92 Å². The van der Waals surface area contributed by atoms with Crippen molar-refractivity contribution in [3.63, 3.8) is 0 Å². The summed E-state index contributed by atoms with van der Waals surface area (Å²) >= 11 is 0. The van der Waals surface area contributed by atoms with Crippen molar-refractivity contribution in [1.29, 1.82) is 0 Å². The zero-order valence-corrected chi connectivity index (χ0v) is 11.6. The molecular weight excluding hydrogens is 224 g/mol. The van der Waals surface area contributed by atoms with Gasteiger partial charge in [-0.05, 0) is 12.8 Å². The van der Waals surface area contributed by atoms with Crippen molar-refractivity contribution in [2.75, 3.05) is 0 Å². The molecule has 0 amide bonds. The zero-order chi connectivity index (χ0) is 13.5. The monoisotopic (exact) mass is 250 g/mol. The molecule has 0 aliphatic rings. The van der Waals surface area contributed by atoms with Crippen molar-refractivity contribution in [1.82, 2.24) is 0 Å². The Morgan fingerprint density at radius 1 is 0.944 bits per heavy atom. The molecule has 2 radical (unpaired) electrons. The van der Waals surface area contributed by atoms with Gasteiger partial charge in [-0.3, -0.25) is 9.59 Å². The third-order valence-electron chi connectivity index (χ3n) is 3.05. The van der Waals surface area contributed by atoms with Crippen LogP contribution in [0.1, 0.15) is 71.1 Å². The number of hydrogen-bond donors (Lipinski definition) is 0. The Bertz CT molecular complexity index is 221. The molecular formula is C16H26O2. The summed E-state index contributed by atoms with van der Waals surface area (Å²) in [5.74, 6) is -0.392. The molecule has 0 aliphatic carbocycles. The van der Waals surface area contributed by atoms with E-state index in [1.165, 1.54) is 51.4 Å². The molecule has 0 rings (SSSR count). The Morgan fingerprint density at radius 2 is 1.56 bits per heavy atom. The fourth-order valence-electron chi connectivity index (χ4n) is 1.90. The quantitative estimate of drug-likeness (QED) is 0.361. The highest BCUT2D eigenvalue weighted by atomic mass is 16.1. The van der Waals surface area contributed by atoms with E-state index in [4.69, 9.17) is 0 Å². The van der Waals surface area contributed by atoms with E-state index in [1.807, 2.05) is 12.4 Å². The summed E-state index contributed by atoms with van der Waals surface area (Å²) < 4.78 is 0. The maximum atomic E-state index is 10.4. The van der Waals surface area contributed by atoms with Crippen molar-refractivity contribution in [3.8, 4) is 0 Å². The summed E-state index contributed by atoms with van der Waals surface area (Å²) in [6, 6.07) is 0. The van der Waals surface area contributed by atoms with Crippen molar-refractivity contribution in [3.05, 3.63) is 12.2 Å². The van der Waals surface area contributed by atoms with Crippen LogP contribution in [0.25, 0.3) is 0 Å².